The van der Waals surface area contributed by atoms with E-state index < -0.39 is 11.1 Å². The molecule has 5 N–H and O–H groups in total. The molecule has 3 aromatic carbocycles. The molecule has 0 spiro atoms. The number of fused-ring (bicyclic) bond motifs is 2. The van der Waals surface area contributed by atoms with Crippen LogP contribution in [0.15, 0.2) is 125 Å². The number of nitrogens with one attached hydrogen (secondary N) is 2. The maximum atomic E-state index is 12.4. The molecule has 0 aliphatic heterocycles. The predicted molar refractivity (Wildman–Crippen MR) is 182 cm³/mol. The second-order valence-electron chi connectivity index (χ2n) is 10.6. The van der Waals surface area contributed by atoms with Crippen LogP contribution >= 0.6 is 0 Å². The number of rotatable bonds is 9. The molecule has 14 heteroatoms. The highest BCUT2D eigenvalue weighted by Gasteiger charge is 2.16. The monoisotopic (exact) mass is 658 g/mol. The summed E-state index contributed by atoms with van der Waals surface area (Å²) in [5.74, 6) is 0.278. The molecule has 246 valence electrons. The first-order valence-electron chi connectivity index (χ1n) is 15.0. The van der Waals surface area contributed by atoms with E-state index in [1.54, 1.807) is 0 Å². The van der Waals surface area contributed by atoms with Crippen molar-refractivity contribution in [2.45, 2.75) is 19.7 Å². The zero-order valence-corrected chi connectivity index (χ0v) is 25.8. The molecule has 0 atom stereocenters. The summed E-state index contributed by atoms with van der Waals surface area (Å²) in [6.45, 7) is 1.19. The zero-order chi connectivity index (χ0) is 34.2. The molecular formula is C35H30N8O6. The lowest BCUT2D eigenvalue weighted by molar-refractivity contribution is 0.0976. The Morgan fingerprint density at radius 2 is 1.04 bits per heavy atom. The van der Waals surface area contributed by atoms with Crippen LogP contribution in [0.1, 0.15) is 16.7 Å². The maximum Gasteiger partial charge on any atom is 0.288 e. The van der Waals surface area contributed by atoms with Crippen LogP contribution in [0.5, 0.6) is 11.5 Å². The lowest BCUT2D eigenvalue weighted by atomic mass is 10.2. The van der Waals surface area contributed by atoms with E-state index in [-0.39, 0.29) is 34.8 Å². The molecule has 49 heavy (non-hydrogen) atoms. The van der Waals surface area contributed by atoms with Gasteiger partial charge in [0.15, 0.2) is 11.3 Å². The van der Waals surface area contributed by atoms with Crippen molar-refractivity contribution in [2.24, 2.45) is 0 Å². The zero-order valence-electron chi connectivity index (χ0n) is 25.8. The van der Waals surface area contributed by atoms with E-state index in [2.05, 4.69) is 30.6 Å². The van der Waals surface area contributed by atoms with Gasteiger partial charge in [0.05, 0.1) is 0 Å². The summed E-state index contributed by atoms with van der Waals surface area (Å²) >= 11 is 0. The highest BCUT2D eigenvalue weighted by Crippen LogP contribution is 2.28. The normalized spacial score (nSPS) is 10.7. The van der Waals surface area contributed by atoms with Crippen LogP contribution in [0.25, 0.3) is 22.1 Å². The molecular weight excluding hydrogens is 628 g/mol. The minimum atomic E-state index is -0.757. The van der Waals surface area contributed by atoms with Gasteiger partial charge in [0.1, 0.15) is 53.2 Å². The van der Waals surface area contributed by atoms with Crippen molar-refractivity contribution < 1.29 is 20.3 Å². The van der Waals surface area contributed by atoms with Gasteiger partial charge in [-0.15, -0.1) is 9.46 Å². The third-order valence-corrected chi connectivity index (χ3v) is 7.30. The van der Waals surface area contributed by atoms with Crippen LogP contribution in [-0.2, 0) is 19.7 Å². The summed E-state index contributed by atoms with van der Waals surface area (Å²) in [5.41, 5.74) is 1.88. The Kier molecular flexibility index (Phi) is 9.56. The Morgan fingerprint density at radius 1 is 0.592 bits per heavy atom. The van der Waals surface area contributed by atoms with Gasteiger partial charge in [0.25, 0.3) is 11.1 Å². The number of benzene rings is 3. The molecule has 0 aliphatic carbocycles. The SMILES string of the molecule is O=c1cc(O)c2c(NCc3ccccc3)ncnc2n1O.O=c1cc(O)c2c(NCc3ccccc3)ncnc2n1OCc1ccccc1. The quantitative estimate of drug-likeness (QED) is 0.140. The standard InChI is InChI=1S/C21H18N4O3.C14H12N4O3/c26-17-11-18(27)25(28-13-16-9-5-2-6-10-16)21-19(17)20(23-14-24-21)22-12-15-7-3-1-4-8-15;19-10-6-11(20)18(21)14-12(10)13(16-8-17-14)15-7-9-4-2-1-3-5-9/h1-11,14,26H,12-13H2,(H,22,23,24);1-6,8,19,21H,7H2,(H,15,16,17). The Labute approximate surface area is 278 Å². The molecule has 7 aromatic rings. The van der Waals surface area contributed by atoms with Gasteiger partial charge in [-0.1, -0.05) is 91.0 Å². The minimum absolute atomic E-state index is 0.0504. The highest BCUT2D eigenvalue weighted by molar-refractivity contribution is 5.92. The van der Waals surface area contributed by atoms with E-state index in [0.717, 1.165) is 33.6 Å². The van der Waals surface area contributed by atoms with Gasteiger partial charge in [0.2, 0.25) is 0 Å². The van der Waals surface area contributed by atoms with E-state index in [1.165, 1.54) is 12.7 Å². The molecule has 7 rings (SSSR count). The molecule has 0 fully saturated rings. The number of aromatic hydroxyl groups is 2. The fraction of sp³-hybridized carbons (Fsp3) is 0.0857. The van der Waals surface area contributed by atoms with E-state index in [0.29, 0.717) is 34.8 Å². The van der Waals surface area contributed by atoms with Crippen LogP contribution in [0, 0.1) is 0 Å². The van der Waals surface area contributed by atoms with Gasteiger partial charge in [-0.3, -0.25) is 9.59 Å². The van der Waals surface area contributed by atoms with Gasteiger partial charge in [-0.05, 0) is 16.7 Å². The van der Waals surface area contributed by atoms with Crippen molar-refractivity contribution in [3.63, 3.8) is 0 Å². The summed E-state index contributed by atoms with van der Waals surface area (Å²) in [5, 5.41) is 36.7. The van der Waals surface area contributed by atoms with Crippen molar-refractivity contribution in [1.82, 2.24) is 29.4 Å². The fourth-order valence-electron chi connectivity index (χ4n) is 4.92. The Balaban J connectivity index is 0.000000177. The van der Waals surface area contributed by atoms with Gasteiger partial charge < -0.3 is 30.9 Å². The van der Waals surface area contributed by atoms with Gasteiger partial charge >= 0.3 is 0 Å². The van der Waals surface area contributed by atoms with Gasteiger partial charge in [-0.2, -0.15) is 0 Å². The summed E-state index contributed by atoms with van der Waals surface area (Å²) < 4.78 is 1.46. The largest absolute Gasteiger partial charge is 0.507 e. The third-order valence-electron chi connectivity index (χ3n) is 7.30. The number of aromatic nitrogens is 6. The minimum Gasteiger partial charge on any atom is -0.507 e. The van der Waals surface area contributed by atoms with E-state index >= 15 is 0 Å². The molecule has 0 saturated carbocycles. The van der Waals surface area contributed by atoms with Crippen molar-refractivity contribution in [1.29, 1.82) is 0 Å². The average Bonchev–Trinajstić information content (AvgIpc) is 3.13. The van der Waals surface area contributed by atoms with Gasteiger partial charge in [0, 0.05) is 25.2 Å². The number of hydrogen-bond acceptors (Lipinski definition) is 12. The Bertz CT molecular complexity index is 2320. The van der Waals surface area contributed by atoms with E-state index in [4.69, 9.17) is 4.84 Å². The third kappa shape index (κ3) is 7.38. The number of anilines is 2. The van der Waals surface area contributed by atoms with Crippen LogP contribution in [0.3, 0.4) is 0 Å². The summed E-state index contributed by atoms with van der Waals surface area (Å²) in [4.78, 5) is 45.7. The second-order valence-corrected chi connectivity index (χ2v) is 10.6. The van der Waals surface area contributed by atoms with Crippen molar-refractivity contribution >= 4 is 33.7 Å². The predicted octanol–water partition coefficient (Wildman–Crippen LogP) is 4.08. The summed E-state index contributed by atoms with van der Waals surface area (Å²) in [6, 6.07) is 30.9. The first kappa shape index (κ1) is 32.0. The lowest BCUT2D eigenvalue weighted by Gasteiger charge is -2.14. The van der Waals surface area contributed by atoms with Crippen molar-refractivity contribution in [3.8, 4) is 11.5 Å². The molecule has 0 amide bonds. The average molecular weight is 659 g/mol. The molecule has 0 bridgehead atoms. The van der Waals surface area contributed by atoms with Crippen LogP contribution in [-0.4, -0.2) is 44.8 Å². The first-order valence-corrected chi connectivity index (χ1v) is 15.0. The van der Waals surface area contributed by atoms with Crippen LogP contribution < -0.4 is 26.6 Å². The second kappa shape index (κ2) is 14.6. The lowest BCUT2D eigenvalue weighted by Crippen LogP contribution is -2.27. The van der Waals surface area contributed by atoms with E-state index in [9.17, 15) is 25.0 Å². The number of nitrogens with zero attached hydrogens (tertiary/aromatic N) is 6. The van der Waals surface area contributed by atoms with Gasteiger partial charge in [-0.25, -0.2) is 19.9 Å². The Morgan fingerprint density at radius 3 is 1.57 bits per heavy atom. The fourth-order valence-corrected chi connectivity index (χ4v) is 4.92. The molecule has 0 aliphatic rings. The summed E-state index contributed by atoms with van der Waals surface area (Å²) in [6.07, 6.45) is 2.54. The van der Waals surface area contributed by atoms with Crippen LogP contribution in [0.2, 0.25) is 0 Å². The molecule has 0 saturated heterocycles. The number of hydrogen-bond donors (Lipinski definition) is 5. The summed E-state index contributed by atoms with van der Waals surface area (Å²) in [7, 11) is 0. The molecule has 0 radical (unpaired) electrons. The molecule has 4 heterocycles. The smallest absolute Gasteiger partial charge is 0.288 e. The van der Waals surface area contributed by atoms with Crippen LogP contribution in [0.4, 0.5) is 11.6 Å². The highest BCUT2D eigenvalue weighted by atomic mass is 16.7. The van der Waals surface area contributed by atoms with Crippen molar-refractivity contribution in [2.75, 3.05) is 10.6 Å². The van der Waals surface area contributed by atoms with E-state index in [1.807, 2.05) is 91.0 Å². The molecule has 4 aromatic heterocycles. The maximum absolute atomic E-state index is 12.4. The molecule has 0 unspecified atom stereocenters. The Hall–Kier alpha value is -6.96. The first-order chi connectivity index (χ1) is 23.9. The molecule has 14 nitrogen and oxygen atoms in total. The topological polar surface area (TPSA) is 190 Å². The number of pyridine rings is 2. The van der Waals surface area contributed by atoms with Crippen molar-refractivity contribution in [3.05, 3.63) is 153 Å².